The molecule has 0 fully saturated rings. The molecule has 31 heavy (non-hydrogen) atoms. The highest BCUT2D eigenvalue weighted by Crippen LogP contribution is 2.24. The lowest BCUT2D eigenvalue weighted by Gasteiger charge is -2.12. The van der Waals surface area contributed by atoms with Crippen LogP contribution in [0, 0.1) is 11.8 Å². The average molecular weight is 421 g/mol. The molecule has 0 saturated carbocycles. The number of rotatable bonds is 6. The summed E-state index contributed by atoms with van der Waals surface area (Å²) in [5.74, 6) is 5.08. The Morgan fingerprint density at radius 3 is 2.81 bits per heavy atom. The highest BCUT2D eigenvalue weighted by molar-refractivity contribution is 6.01. The lowest BCUT2D eigenvalue weighted by atomic mass is 9.98. The number of allylic oxidation sites excluding steroid dienone is 5. The summed E-state index contributed by atoms with van der Waals surface area (Å²) in [6.07, 6.45) is 8.32. The Balaban J connectivity index is 2.54. The molecule has 1 aromatic heterocycles. The molecule has 2 N–H and O–H groups in total. The van der Waals surface area contributed by atoms with Crippen LogP contribution in [-0.2, 0) is 6.42 Å². The minimum atomic E-state index is -3.01. The number of hydrogen-bond donors (Lipinski definition) is 1. The van der Waals surface area contributed by atoms with E-state index >= 15 is 0 Å². The van der Waals surface area contributed by atoms with Gasteiger partial charge in [-0.3, -0.25) is 4.99 Å². The molecule has 1 heterocycles. The molecule has 0 amide bonds. The zero-order valence-electron chi connectivity index (χ0n) is 17.7. The number of aliphatic imine (C=N–C) groups is 1. The van der Waals surface area contributed by atoms with Crippen LogP contribution < -0.4 is 10.5 Å². The Labute approximate surface area is 181 Å². The number of hydrogen-bond acceptors (Lipinski definition) is 4. The van der Waals surface area contributed by atoms with Crippen LogP contribution in [0.3, 0.4) is 0 Å². The summed E-state index contributed by atoms with van der Waals surface area (Å²) >= 11 is 0. The highest BCUT2D eigenvalue weighted by Gasteiger charge is 2.15. The Hall–Kier alpha value is -3.68. The fourth-order valence-corrected chi connectivity index (χ4v) is 3.04. The van der Waals surface area contributed by atoms with Crippen molar-refractivity contribution in [2.24, 2.45) is 10.7 Å². The predicted molar refractivity (Wildman–Crippen MR) is 121 cm³/mol. The molecular formula is C25H25F2N3O. The number of nitrogens with two attached hydrogens (primary N) is 1. The summed E-state index contributed by atoms with van der Waals surface area (Å²) in [5, 5.41) is 0. The molecule has 1 aliphatic carbocycles. The first-order valence-electron chi connectivity index (χ1n) is 9.76. The van der Waals surface area contributed by atoms with Gasteiger partial charge in [0.15, 0.2) is 0 Å². The minimum Gasteiger partial charge on any atom is -0.416 e. The number of halogens is 2. The zero-order chi connectivity index (χ0) is 22.8. The summed E-state index contributed by atoms with van der Waals surface area (Å²) in [6, 6.07) is 3.31. The van der Waals surface area contributed by atoms with E-state index in [0.717, 1.165) is 28.9 Å². The molecule has 1 aliphatic rings. The molecule has 0 bridgehead atoms. The van der Waals surface area contributed by atoms with Gasteiger partial charge in [0, 0.05) is 36.1 Å². The van der Waals surface area contributed by atoms with E-state index < -0.39 is 6.61 Å². The van der Waals surface area contributed by atoms with Gasteiger partial charge in [0.1, 0.15) is 0 Å². The van der Waals surface area contributed by atoms with Gasteiger partial charge < -0.3 is 10.5 Å². The van der Waals surface area contributed by atoms with Crippen molar-refractivity contribution in [1.82, 2.24) is 4.98 Å². The maximum atomic E-state index is 12.9. The maximum Gasteiger partial charge on any atom is 0.388 e. The van der Waals surface area contributed by atoms with Crippen molar-refractivity contribution in [2.45, 2.75) is 39.7 Å². The summed E-state index contributed by atoms with van der Waals surface area (Å²) in [7, 11) is 0. The van der Waals surface area contributed by atoms with E-state index in [9.17, 15) is 8.78 Å². The summed E-state index contributed by atoms with van der Waals surface area (Å²) < 4.78 is 30.3. The van der Waals surface area contributed by atoms with Gasteiger partial charge in [-0.25, -0.2) is 4.98 Å². The lowest BCUT2D eigenvalue weighted by Crippen LogP contribution is -2.10. The Morgan fingerprint density at radius 2 is 2.16 bits per heavy atom. The van der Waals surface area contributed by atoms with Crippen molar-refractivity contribution in [1.29, 1.82) is 0 Å². The van der Waals surface area contributed by atoms with E-state index in [1.165, 1.54) is 12.3 Å². The predicted octanol–water partition coefficient (Wildman–Crippen LogP) is 5.40. The second-order valence-corrected chi connectivity index (χ2v) is 6.58. The van der Waals surface area contributed by atoms with Gasteiger partial charge in [-0.15, -0.1) is 5.73 Å². The number of nitrogens with zero attached hydrogens (tertiary/aromatic N) is 2. The molecule has 4 nitrogen and oxygen atoms in total. The number of ether oxygens (including phenoxy) is 1. The van der Waals surface area contributed by atoms with Gasteiger partial charge in [0.2, 0.25) is 5.88 Å². The first-order valence-corrected chi connectivity index (χ1v) is 9.76. The van der Waals surface area contributed by atoms with Crippen molar-refractivity contribution in [2.75, 3.05) is 0 Å². The third kappa shape index (κ3) is 6.67. The molecule has 0 radical (unpaired) electrons. The second-order valence-electron chi connectivity index (χ2n) is 6.58. The molecule has 0 spiro atoms. The van der Waals surface area contributed by atoms with Crippen molar-refractivity contribution < 1.29 is 13.5 Å². The summed E-state index contributed by atoms with van der Waals surface area (Å²) in [6.45, 7) is 8.08. The molecule has 0 saturated heterocycles. The molecule has 2 rings (SSSR count). The average Bonchev–Trinajstić information content (AvgIpc) is 2.78. The molecule has 1 aromatic rings. The molecule has 160 valence electrons. The zero-order valence-corrected chi connectivity index (χ0v) is 17.7. The van der Waals surface area contributed by atoms with Gasteiger partial charge in [0.25, 0.3) is 0 Å². The van der Waals surface area contributed by atoms with Crippen molar-refractivity contribution in [3.63, 3.8) is 0 Å². The summed E-state index contributed by atoms with van der Waals surface area (Å²) in [4.78, 5) is 8.61. The number of pyridine rings is 1. The van der Waals surface area contributed by atoms with Gasteiger partial charge in [-0.1, -0.05) is 31.9 Å². The van der Waals surface area contributed by atoms with Gasteiger partial charge in [0.05, 0.1) is 5.56 Å². The van der Waals surface area contributed by atoms with Crippen LogP contribution in [0.1, 0.15) is 37.9 Å². The molecular weight excluding hydrogens is 396 g/mol. The normalized spacial score (nSPS) is 19.3. The molecule has 0 aromatic carbocycles. The maximum absolute atomic E-state index is 12.9. The molecule has 0 unspecified atom stereocenters. The fraction of sp³-hybridized carbons (Fsp3) is 0.240. The van der Waals surface area contributed by atoms with Crippen LogP contribution in [0.5, 0.6) is 5.88 Å². The molecule has 0 atom stereocenters. The van der Waals surface area contributed by atoms with Crippen molar-refractivity contribution in [3.05, 3.63) is 89.1 Å². The van der Waals surface area contributed by atoms with Crippen LogP contribution in [0.2, 0.25) is 0 Å². The quantitative estimate of drug-likeness (QED) is 0.494. The van der Waals surface area contributed by atoms with E-state index in [0.29, 0.717) is 24.2 Å². The third-order valence-electron chi connectivity index (χ3n) is 4.53. The standard InChI is InChI=1S/C25H25F2N3O/c1-5-8-11-19-13-14-20(30-24(19)31-25(26)27)16-21-17(4)10-9-12-23(29-7-3)18(6-2)15-22(21)28/h5,7,9,13-15,25H,1,3,6,12,16,28H2,2,4H3/b18-15-,22-21+,29-23?. The molecule has 0 aliphatic heterocycles. The Morgan fingerprint density at radius 1 is 1.39 bits per heavy atom. The Bertz CT molecular complexity index is 1080. The Kier molecular flexibility index (Phi) is 8.75. The fourth-order valence-electron chi connectivity index (χ4n) is 3.04. The van der Waals surface area contributed by atoms with Crippen LogP contribution in [0.25, 0.3) is 0 Å². The lowest BCUT2D eigenvalue weighted by molar-refractivity contribution is -0.0531. The first-order chi connectivity index (χ1) is 14.9. The largest absolute Gasteiger partial charge is 0.416 e. The van der Waals surface area contributed by atoms with Gasteiger partial charge >= 0.3 is 6.61 Å². The SMILES string of the molecule is C=CC#Cc1ccc(C/C2=C(N)/C=C(/CC)C(=NC=C)CC=C=C2C)nc1OC(F)F. The van der Waals surface area contributed by atoms with E-state index in [2.05, 4.69) is 45.4 Å². The van der Waals surface area contributed by atoms with E-state index in [-0.39, 0.29) is 11.4 Å². The van der Waals surface area contributed by atoms with E-state index in [1.54, 1.807) is 12.1 Å². The van der Waals surface area contributed by atoms with Crippen LogP contribution in [-0.4, -0.2) is 17.3 Å². The van der Waals surface area contributed by atoms with Crippen LogP contribution in [0.4, 0.5) is 8.78 Å². The third-order valence-corrected chi connectivity index (χ3v) is 4.53. The van der Waals surface area contributed by atoms with Crippen LogP contribution >= 0.6 is 0 Å². The minimum absolute atomic E-state index is 0.230. The first kappa shape index (κ1) is 23.6. The number of aromatic nitrogens is 1. The monoisotopic (exact) mass is 421 g/mol. The highest BCUT2D eigenvalue weighted by atomic mass is 19.3. The van der Waals surface area contributed by atoms with Gasteiger partial charge in [-0.05, 0) is 60.4 Å². The summed E-state index contributed by atoms with van der Waals surface area (Å²) in [5.41, 5.74) is 14.5. The second kappa shape index (κ2) is 11.5. The van der Waals surface area contributed by atoms with Crippen molar-refractivity contribution in [3.8, 4) is 17.7 Å². The van der Waals surface area contributed by atoms with E-state index in [1.807, 2.05) is 26.0 Å². The van der Waals surface area contributed by atoms with Gasteiger partial charge in [-0.2, -0.15) is 8.78 Å². The number of alkyl halides is 2. The van der Waals surface area contributed by atoms with Crippen molar-refractivity contribution >= 4 is 5.71 Å². The van der Waals surface area contributed by atoms with E-state index in [4.69, 9.17) is 5.73 Å². The molecule has 6 heteroatoms. The van der Waals surface area contributed by atoms with Crippen LogP contribution in [0.15, 0.2) is 82.9 Å². The topological polar surface area (TPSA) is 60.5 Å². The smallest absolute Gasteiger partial charge is 0.388 e.